The maximum absolute atomic E-state index is 5.18. The summed E-state index contributed by atoms with van der Waals surface area (Å²) in [5, 5.41) is 0. The first-order chi connectivity index (χ1) is 5.25. The van der Waals surface area contributed by atoms with E-state index in [0.717, 1.165) is 18.6 Å². The molecule has 0 spiro atoms. The minimum Gasteiger partial charge on any atom is -0.384 e. The highest BCUT2D eigenvalue weighted by Crippen LogP contribution is 2.28. The lowest BCUT2D eigenvalue weighted by Crippen LogP contribution is -2.33. The largest absolute Gasteiger partial charge is 0.384 e. The first kappa shape index (κ1) is 9.01. The fraction of sp³-hybridized carbons (Fsp3) is 1.00. The highest BCUT2D eigenvalue weighted by molar-refractivity contribution is 4.82. The van der Waals surface area contributed by atoms with E-state index in [4.69, 9.17) is 4.74 Å². The summed E-state index contributed by atoms with van der Waals surface area (Å²) in [6.07, 6.45) is 4.06. The first-order valence-corrected chi connectivity index (χ1v) is 4.41. The van der Waals surface area contributed by atoms with Crippen LogP contribution in [0.4, 0.5) is 0 Å². The molecule has 0 aromatic rings. The summed E-state index contributed by atoms with van der Waals surface area (Å²) in [4.78, 5) is 2.33. The highest BCUT2D eigenvalue weighted by atomic mass is 16.5. The van der Waals surface area contributed by atoms with E-state index < -0.39 is 0 Å². The fourth-order valence-corrected chi connectivity index (χ4v) is 2.11. The fourth-order valence-electron chi connectivity index (χ4n) is 2.11. The Kier molecular flexibility index (Phi) is 3.34. The normalized spacial score (nSPS) is 31.6. The summed E-state index contributed by atoms with van der Waals surface area (Å²) in [5.74, 6) is 0.773. The van der Waals surface area contributed by atoms with Crippen molar-refractivity contribution in [3.63, 3.8) is 0 Å². The quantitative estimate of drug-likeness (QED) is 0.613. The van der Waals surface area contributed by atoms with E-state index >= 15 is 0 Å². The third-order valence-corrected chi connectivity index (χ3v) is 2.66. The molecule has 0 radical (unpaired) electrons. The van der Waals surface area contributed by atoms with Crippen LogP contribution in [0.3, 0.4) is 0 Å². The molecule has 2 nitrogen and oxygen atoms in total. The van der Waals surface area contributed by atoms with E-state index in [1.165, 1.54) is 19.3 Å². The molecule has 0 bridgehead atoms. The zero-order chi connectivity index (χ0) is 8.27. The van der Waals surface area contributed by atoms with Crippen molar-refractivity contribution >= 4 is 0 Å². The maximum Gasteiger partial charge on any atom is 0.0505 e. The third-order valence-electron chi connectivity index (χ3n) is 2.66. The van der Waals surface area contributed by atoms with Crippen LogP contribution in [-0.4, -0.2) is 38.8 Å². The average Bonchev–Trinajstić information content (AvgIpc) is 2.36. The van der Waals surface area contributed by atoms with Crippen molar-refractivity contribution in [1.29, 1.82) is 0 Å². The molecule has 1 aliphatic rings. The van der Waals surface area contributed by atoms with Crippen LogP contribution in [-0.2, 0) is 4.74 Å². The summed E-state index contributed by atoms with van der Waals surface area (Å²) in [7, 11) is 6.13. The molecule has 0 N–H and O–H groups in total. The molecule has 66 valence electrons. The zero-order valence-corrected chi connectivity index (χ0v) is 7.84. The van der Waals surface area contributed by atoms with E-state index in [0.29, 0.717) is 0 Å². The average molecular weight is 157 g/mol. The molecule has 2 atom stereocenters. The first-order valence-electron chi connectivity index (χ1n) is 4.41. The molecule has 2 heteroatoms. The van der Waals surface area contributed by atoms with Gasteiger partial charge in [-0.05, 0) is 32.9 Å². The monoisotopic (exact) mass is 157 g/mol. The SMILES string of the molecule is COC[C@@H]1CCC[C@@H]1N(C)C. The Labute approximate surface area is 69.5 Å². The second-order valence-corrected chi connectivity index (χ2v) is 3.68. The number of ether oxygens (including phenoxy) is 1. The van der Waals surface area contributed by atoms with Crippen LogP contribution in [0.5, 0.6) is 0 Å². The predicted molar refractivity (Wildman–Crippen MR) is 46.7 cm³/mol. The van der Waals surface area contributed by atoms with E-state index in [1.54, 1.807) is 7.11 Å². The Bertz CT molecular complexity index is 114. The van der Waals surface area contributed by atoms with Crippen molar-refractivity contribution in [2.45, 2.75) is 25.3 Å². The molecule has 0 aliphatic heterocycles. The maximum atomic E-state index is 5.18. The standard InChI is InChI=1S/C9H19NO/c1-10(2)9-6-4-5-8(9)7-11-3/h8-9H,4-7H2,1-3H3/t8-,9-/m0/s1. The van der Waals surface area contributed by atoms with Gasteiger partial charge < -0.3 is 9.64 Å². The molecule has 1 rings (SSSR count). The number of nitrogens with zero attached hydrogens (tertiary/aromatic N) is 1. The van der Waals surface area contributed by atoms with E-state index in [1.807, 2.05) is 0 Å². The molecule has 0 amide bonds. The van der Waals surface area contributed by atoms with E-state index in [9.17, 15) is 0 Å². The zero-order valence-electron chi connectivity index (χ0n) is 7.84. The van der Waals surface area contributed by atoms with Gasteiger partial charge in [0.2, 0.25) is 0 Å². The molecule has 1 saturated carbocycles. The Morgan fingerprint density at radius 2 is 2.09 bits per heavy atom. The molecular formula is C9H19NO. The van der Waals surface area contributed by atoms with Crippen LogP contribution in [0.25, 0.3) is 0 Å². The minimum atomic E-state index is 0.759. The summed E-state index contributed by atoms with van der Waals surface area (Å²) >= 11 is 0. The number of hydrogen-bond donors (Lipinski definition) is 0. The lowest BCUT2D eigenvalue weighted by Gasteiger charge is -2.25. The van der Waals surface area contributed by atoms with Gasteiger partial charge in [0.25, 0.3) is 0 Å². The van der Waals surface area contributed by atoms with Crippen LogP contribution in [0.2, 0.25) is 0 Å². The van der Waals surface area contributed by atoms with Gasteiger partial charge in [0.05, 0.1) is 6.61 Å². The molecule has 0 unspecified atom stereocenters. The highest BCUT2D eigenvalue weighted by Gasteiger charge is 2.28. The van der Waals surface area contributed by atoms with Crippen molar-refractivity contribution in [1.82, 2.24) is 4.90 Å². The van der Waals surface area contributed by atoms with Crippen molar-refractivity contribution in [2.75, 3.05) is 27.8 Å². The van der Waals surface area contributed by atoms with Crippen LogP contribution in [0, 0.1) is 5.92 Å². The molecule has 1 aliphatic carbocycles. The van der Waals surface area contributed by atoms with Crippen LogP contribution >= 0.6 is 0 Å². The number of methoxy groups -OCH3 is 1. The van der Waals surface area contributed by atoms with E-state index in [2.05, 4.69) is 19.0 Å². The second kappa shape index (κ2) is 4.07. The molecule has 11 heavy (non-hydrogen) atoms. The number of rotatable bonds is 3. The van der Waals surface area contributed by atoms with Crippen LogP contribution < -0.4 is 0 Å². The smallest absolute Gasteiger partial charge is 0.0505 e. The van der Waals surface area contributed by atoms with Gasteiger partial charge in [-0.2, -0.15) is 0 Å². The molecule has 1 fully saturated rings. The third kappa shape index (κ3) is 2.17. The molecule has 0 aromatic carbocycles. The van der Waals surface area contributed by atoms with Gasteiger partial charge in [-0.15, -0.1) is 0 Å². The van der Waals surface area contributed by atoms with Gasteiger partial charge >= 0.3 is 0 Å². The Morgan fingerprint density at radius 1 is 1.36 bits per heavy atom. The minimum absolute atomic E-state index is 0.759. The van der Waals surface area contributed by atoms with E-state index in [-0.39, 0.29) is 0 Å². The Balaban J connectivity index is 2.37. The van der Waals surface area contributed by atoms with Crippen LogP contribution in [0.15, 0.2) is 0 Å². The second-order valence-electron chi connectivity index (χ2n) is 3.68. The van der Waals surface area contributed by atoms with Crippen molar-refractivity contribution in [3.05, 3.63) is 0 Å². The summed E-state index contributed by atoms with van der Waals surface area (Å²) in [5.41, 5.74) is 0. The van der Waals surface area contributed by atoms with Gasteiger partial charge in [-0.25, -0.2) is 0 Å². The molecule has 0 aromatic heterocycles. The van der Waals surface area contributed by atoms with Gasteiger partial charge in [-0.3, -0.25) is 0 Å². The van der Waals surface area contributed by atoms with Gasteiger partial charge in [0, 0.05) is 13.2 Å². The summed E-state index contributed by atoms with van der Waals surface area (Å²) in [6, 6.07) is 0.759. The lowest BCUT2D eigenvalue weighted by atomic mass is 10.0. The molecule has 0 heterocycles. The van der Waals surface area contributed by atoms with Gasteiger partial charge in [0.1, 0.15) is 0 Å². The van der Waals surface area contributed by atoms with Crippen molar-refractivity contribution < 1.29 is 4.74 Å². The van der Waals surface area contributed by atoms with Crippen molar-refractivity contribution in [2.24, 2.45) is 5.92 Å². The Morgan fingerprint density at radius 3 is 2.64 bits per heavy atom. The van der Waals surface area contributed by atoms with Crippen LogP contribution in [0.1, 0.15) is 19.3 Å². The van der Waals surface area contributed by atoms with Gasteiger partial charge in [-0.1, -0.05) is 6.42 Å². The summed E-state index contributed by atoms with van der Waals surface area (Å²) < 4.78 is 5.18. The lowest BCUT2D eigenvalue weighted by molar-refractivity contribution is 0.113. The molecular weight excluding hydrogens is 138 g/mol. The topological polar surface area (TPSA) is 12.5 Å². The van der Waals surface area contributed by atoms with Crippen molar-refractivity contribution in [3.8, 4) is 0 Å². The predicted octanol–water partition coefficient (Wildman–Crippen LogP) is 1.36. The van der Waals surface area contributed by atoms with Gasteiger partial charge in [0.15, 0.2) is 0 Å². The molecule has 0 saturated heterocycles. The summed E-state index contributed by atoms with van der Waals surface area (Å²) in [6.45, 7) is 0.933. The Hall–Kier alpha value is -0.0800. The number of hydrogen-bond acceptors (Lipinski definition) is 2.